The minimum Gasteiger partial charge on any atom is -0.264 e. The Morgan fingerprint density at radius 2 is 2.00 bits per heavy atom. The molecule has 2 saturated carbocycles. The van der Waals surface area contributed by atoms with Crippen LogP contribution in [0.15, 0.2) is 35.9 Å². The van der Waals surface area contributed by atoms with Gasteiger partial charge in [0.1, 0.15) is 0 Å². The van der Waals surface area contributed by atoms with E-state index in [1.165, 1.54) is 16.7 Å². The molecule has 0 saturated heterocycles. The number of fused-ring (bicyclic) bond motifs is 5. The zero-order valence-electron chi connectivity index (χ0n) is 13.2. The molecule has 124 valence electrons. The molecule has 3 aliphatic rings. The molecule has 4 rings (SSSR count). The van der Waals surface area contributed by atoms with E-state index in [0.717, 1.165) is 25.7 Å². The van der Waals surface area contributed by atoms with Gasteiger partial charge in [0.25, 0.3) is 0 Å². The highest BCUT2D eigenvalue weighted by Crippen LogP contribution is 2.60. The van der Waals surface area contributed by atoms with Gasteiger partial charge in [0.05, 0.1) is 6.10 Å². The summed E-state index contributed by atoms with van der Waals surface area (Å²) in [7, 11) is -4.39. The third kappa shape index (κ3) is 2.46. The summed E-state index contributed by atoms with van der Waals surface area (Å²) in [6.45, 7) is 2.12. The first kappa shape index (κ1) is 15.4. The minimum absolute atomic E-state index is 0.204. The molecule has 0 aromatic heterocycles. The zero-order chi connectivity index (χ0) is 16.2. The van der Waals surface area contributed by atoms with Crippen molar-refractivity contribution in [1.82, 2.24) is 0 Å². The third-order valence-electron chi connectivity index (χ3n) is 6.25. The maximum absolute atomic E-state index is 11.2. The van der Waals surface area contributed by atoms with Crippen molar-refractivity contribution in [1.29, 1.82) is 0 Å². The largest absolute Gasteiger partial charge is 0.397 e. The molecular weight excluding hydrogens is 312 g/mol. The lowest BCUT2D eigenvalue weighted by Crippen LogP contribution is -2.41. The van der Waals surface area contributed by atoms with Crippen LogP contribution in [0.3, 0.4) is 0 Å². The van der Waals surface area contributed by atoms with Crippen LogP contribution in [-0.4, -0.2) is 19.1 Å². The van der Waals surface area contributed by atoms with Crippen molar-refractivity contribution in [3.63, 3.8) is 0 Å². The summed E-state index contributed by atoms with van der Waals surface area (Å²) < 4.78 is 36.4. The van der Waals surface area contributed by atoms with Crippen molar-refractivity contribution in [2.45, 2.75) is 51.0 Å². The molecular formula is C18H22O4S. The van der Waals surface area contributed by atoms with Crippen molar-refractivity contribution < 1.29 is 17.2 Å². The van der Waals surface area contributed by atoms with E-state index in [0.29, 0.717) is 18.3 Å². The molecule has 3 aliphatic carbocycles. The maximum atomic E-state index is 11.2. The number of hydrogen-bond donors (Lipinski definition) is 1. The van der Waals surface area contributed by atoms with E-state index >= 15 is 0 Å². The highest BCUT2D eigenvalue weighted by atomic mass is 32.3. The standard InChI is InChI=1S/C18H22O4S/c1-18-11-10-14-13-5-3-2-4-12(13)6-7-15(14)16(18)8-9-17(18)22-23(19,20)21/h2-5,7,14,16-17H,6,8-11H2,1H3,(H,19,20,21)/t14?,16?,17-,18+/m1/s1. The average molecular weight is 334 g/mol. The predicted octanol–water partition coefficient (Wildman–Crippen LogP) is 3.65. The monoisotopic (exact) mass is 334 g/mol. The first-order valence-electron chi connectivity index (χ1n) is 8.32. The molecule has 2 unspecified atom stereocenters. The van der Waals surface area contributed by atoms with E-state index in [4.69, 9.17) is 8.74 Å². The normalized spacial score (nSPS) is 35.9. The fourth-order valence-electron chi connectivity index (χ4n) is 5.16. The molecule has 4 nitrogen and oxygen atoms in total. The van der Waals surface area contributed by atoms with Crippen molar-refractivity contribution >= 4 is 10.4 Å². The van der Waals surface area contributed by atoms with Crippen LogP contribution in [0.1, 0.15) is 49.7 Å². The smallest absolute Gasteiger partial charge is 0.264 e. The molecule has 0 amide bonds. The lowest BCUT2D eigenvalue weighted by atomic mass is 9.59. The topological polar surface area (TPSA) is 63.6 Å². The Labute approximate surface area is 137 Å². The van der Waals surface area contributed by atoms with Gasteiger partial charge in [-0.25, -0.2) is 4.18 Å². The summed E-state index contributed by atoms with van der Waals surface area (Å²) >= 11 is 0. The Bertz CT molecular complexity index is 767. The molecule has 0 radical (unpaired) electrons. The Balaban J connectivity index is 1.67. The molecule has 0 heterocycles. The van der Waals surface area contributed by atoms with Gasteiger partial charge in [-0.2, -0.15) is 8.42 Å². The maximum Gasteiger partial charge on any atom is 0.397 e. The average Bonchev–Trinajstić information content (AvgIpc) is 2.82. The molecule has 1 aromatic carbocycles. The second-order valence-corrected chi connectivity index (χ2v) is 8.39. The third-order valence-corrected chi connectivity index (χ3v) is 6.73. The van der Waals surface area contributed by atoms with Crippen LogP contribution in [0.25, 0.3) is 0 Å². The predicted molar refractivity (Wildman–Crippen MR) is 87.5 cm³/mol. The second kappa shape index (κ2) is 5.16. The number of hydrogen-bond acceptors (Lipinski definition) is 3. The van der Waals surface area contributed by atoms with Crippen LogP contribution >= 0.6 is 0 Å². The van der Waals surface area contributed by atoms with Gasteiger partial charge in [-0.15, -0.1) is 0 Å². The van der Waals surface area contributed by atoms with Gasteiger partial charge >= 0.3 is 10.4 Å². The highest BCUT2D eigenvalue weighted by molar-refractivity contribution is 7.80. The van der Waals surface area contributed by atoms with Crippen LogP contribution in [0.5, 0.6) is 0 Å². The van der Waals surface area contributed by atoms with E-state index in [-0.39, 0.29) is 5.41 Å². The number of benzene rings is 1. The number of allylic oxidation sites excluding steroid dienone is 2. The Hall–Kier alpha value is -1.17. The molecule has 23 heavy (non-hydrogen) atoms. The Morgan fingerprint density at radius 3 is 2.78 bits per heavy atom. The van der Waals surface area contributed by atoms with Crippen LogP contribution < -0.4 is 0 Å². The molecule has 2 fully saturated rings. The van der Waals surface area contributed by atoms with Gasteiger partial charge in [-0.1, -0.05) is 42.8 Å². The molecule has 0 aliphatic heterocycles. The van der Waals surface area contributed by atoms with Crippen LogP contribution in [-0.2, 0) is 21.0 Å². The van der Waals surface area contributed by atoms with Crippen LogP contribution in [0.2, 0.25) is 0 Å². The zero-order valence-corrected chi connectivity index (χ0v) is 14.1. The van der Waals surface area contributed by atoms with Gasteiger partial charge in [0.15, 0.2) is 0 Å². The van der Waals surface area contributed by atoms with Gasteiger partial charge in [0.2, 0.25) is 0 Å². The van der Waals surface area contributed by atoms with Gasteiger partial charge in [-0.05, 0) is 49.1 Å². The summed E-state index contributed by atoms with van der Waals surface area (Å²) in [5.74, 6) is 0.809. The van der Waals surface area contributed by atoms with E-state index < -0.39 is 16.5 Å². The Kier molecular flexibility index (Phi) is 3.45. The quantitative estimate of drug-likeness (QED) is 0.662. The first-order chi connectivity index (χ1) is 10.9. The first-order valence-corrected chi connectivity index (χ1v) is 9.68. The minimum atomic E-state index is -4.39. The van der Waals surface area contributed by atoms with E-state index in [1.807, 2.05) is 0 Å². The van der Waals surface area contributed by atoms with E-state index in [2.05, 4.69) is 37.3 Å². The van der Waals surface area contributed by atoms with Gasteiger partial charge in [0, 0.05) is 11.3 Å². The molecule has 0 bridgehead atoms. The molecule has 1 aromatic rings. The SMILES string of the molecule is C[C@]12CCC3C(=CCc4ccccc43)C1CC[C@H]2OS(=O)(=O)O. The van der Waals surface area contributed by atoms with Crippen molar-refractivity contribution in [3.05, 3.63) is 47.0 Å². The second-order valence-electron chi connectivity index (χ2n) is 7.35. The molecule has 0 spiro atoms. The fraction of sp³-hybridized carbons (Fsp3) is 0.556. The summed E-state index contributed by atoms with van der Waals surface area (Å²) in [6, 6.07) is 8.64. The van der Waals surface area contributed by atoms with Gasteiger partial charge in [-0.3, -0.25) is 4.55 Å². The van der Waals surface area contributed by atoms with Crippen LogP contribution in [0, 0.1) is 11.3 Å². The van der Waals surface area contributed by atoms with Crippen molar-refractivity contribution in [2.24, 2.45) is 11.3 Å². The van der Waals surface area contributed by atoms with Crippen molar-refractivity contribution in [2.75, 3.05) is 0 Å². The van der Waals surface area contributed by atoms with Crippen molar-refractivity contribution in [3.8, 4) is 0 Å². The Morgan fingerprint density at radius 1 is 1.22 bits per heavy atom. The lowest BCUT2D eigenvalue weighted by molar-refractivity contribution is 0.0411. The molecule has 5 heteroatoms. The molecule has 4 atom stereocenters. The van der Waals surface area contributed by atoms with Crippen LogP contribution in [0.4, 0.5) is 0 Å². The lowest BCUT2D eigenvalue weighted by Gasteiger charge is -2.46. The summed E-state index contributed by atoms with van der Waals surface area (Å²) in [5.41, 5.74) is 4.10. The highest BCUT2D eigenvalue weighted by Gasteiger charge is 2.54. The van der Waals surface area contributed by atoms with E-state index in [9.17, 15) is 8.42 Å². The summed E-state index contributed by atoms with van der Waals surface area (Å²) in [5, 5.41) is 0. The molecule has 1 N–H and O–H groups in total. The summed E-state index contributed by atoms with van der Waals surface area (Å²) in [4.78, 5) is 0. The van der Waals surface area contributed by atoms with E-state index in [1.54, 1.807) is 0 Å². The summed E-state index contributed by atoms with van der Waals surface area (Å²) in [6.07, 6.45) is 6.45. The van der Waals surface area contributed by atoms with Gasteiger partial charge < -0.3 is 0 Å². The fourth-order valence-corrected chi connectivity index (χ4v) is 5.77. The number of rotatable bonds is 2.